The molecule has 0 bridgehead atoms. The van der Waals surface area contributed by atoms with Crippen LogP contribution >= 0.6 is 0 Å². The molecule has 0 saturated heterocycles. The molecule has 220 valence electrons. The Morgan fingerprint density at radius 3 is 2.12 bits per heavy atom. The minimum Gasteiger partial charge on any atom is -0.508 e. The zero-order chi connectivity index (χ0) is 29.0. The van der Waals surface area contributed by atoms with Crippen LogP contribution in [-0.2, 0) is 17.3 Å². The van der Waals surface area contributed by atoms with Crippen molar-refractivity contribution in [2.45, 2.75) is 103 Å². The number of hydrogen-bond donors (Lipinski definition) is 2. The molecule has 0 unspecified atom stereocenters. The first kappa shape index (κ1) is 30.1. The number of rotatable bonds is 11. The highest BCUT2D eigenvalue weighted by Gasteiger charge is 2.55. The Morgan fingerprint density at radius 2 is 1.51 bits per heavy atom. The maximum atomic E-state index is 11.0. The Hall–Kier alpha value is -2.40. The van der Waals surface area contributed by atoms with E-state index in [1.165, 1.54) is 28.8 Å². The number of phenolic OH excluding ortho intramolecular Hbond substituents is 1. The van der Waals surface area contributed by atoms with E-state index in [4.69, 9.17) is 4.43 Å². The predicted molar refractivity (Wildman–Crippen MR) is 172 cm³/mol. The molecule has 5 rings (SSSR count). The molecule has 0 aromatic heterocycles. The lowest BCUT2D eigenvalue weighted by Crippen LogP contribution is -2.68. The topological polar surface area (TPSA) is 49.7 Å². The highest BCUT2D eigenvalue weighted by molar-refractivity contribution is 6.99. The van der Waals surface area contributed by atoms with E-state index >= 15 is 0 Å². The van der Waals surface area contributed by atoms with Gasteiger partial charge in [-0.15, -0.1) is 0 Å². The van der Waals surface area contributed by atoms with Crippen molar-refractivity contribution in [1.82, 2.24) is 0 Å². The van der Waals surface area contributed by atoms with E-state index in [2.05, 4.69) is 94.4 Å². The van der Waals surface area contributed by atoms with Gasteiger partial charge in [0.05, 0.1) is 6.10 Å². The molecule has 1 fully saturated rings. The van der Waals surface area contributed by atoms with Crippen molar-refractivity contribution in [3.8, 4) is 5.75 Å². The quantitative estimate of drug-likeness (QED) is 0.186. The van der Waals surface area contributed by atoms with Gasteiger partial charge in [-0.05, 0) is 88.9 Å². The Balaban J connectivity index is 1.52. The number of aromatic hydroxyl groups is 1. The number of aliphatic hydroxyl groups is 1. The molecular formula is C37H50O3Si. The Morgan fingerprint density at radius 1 is 0.854 bits per heavy atom. The highest BCUT2D eigenvalue weighted by atomic mass is 28.4. The van der Waals surface area contributed by atoms with Gasteiger partial charge in [0.15, 0.2) is 0 Å². The number of unbranched alkanes of at least 4 members (excludes halogenated alkanes) is 2. The van der Waals surface area contributed by atoms with Gasteiger partial charge < -0.3 is 14.6 Å². The summed E-state index contributed by atoms with van der Waals surface area (Å²) < 4.78 is 7.79. The smallest absolute Gasteiger partial charge is 0.261 e. The van der Waals surface area contributed by atoms with Crippen LogP contribution in [0.4, 0.5) is 0 Å². The normalized spacial score (nSPS) is 23.1. The standard InChI is InChI=1S/C37H50O3Si/c1-5-6-9-16-29(38)22-23-32-33-24-27-15-14-21-35(39)34(27)25-28(33)26-36(32)40-41(37(2,3)4,30-17-10-7-11-18-30)31-19-12-8-13-20-31/h7-8,10-15,17-21,28-29,32-33,36,38-39H,5-6,9,16,22-26H2,1-4H3/t28-,29+,32+,33-,36+/m0/s1. The first-order valence-electron chi connectivity index (χ1n) is 16.0. The average molecular weight is 571 g/mol. The van der Waals surface area contributed by atoms with Gasteiger partial charge in [0.25, 0.3) is 8.32 Å². The summed E-state index contributed by atoms with van der Waals surface area (Å²) in [6.45, 7) is 9.31. The number of benzene rings is 3. The summed E-state index contributed by atoms with van der Waals surface area (Å²) in [5.41, 5.74) is 2.43. The summed E-state index contributed by atoms with van der Waals surface area (Å²) in [7, 11) is -2.71. The van der Waals surface area contributed by atoms with Crippen molar-refractivity contribution in [3.05, 3.63) is 90.0 Å². The van der Waals surface area contributed by atoms with E-state index in [0.717, 1.165) is 50.5 Å². The summed E-state index contributed by atoms with van der Waals surface area (Å²) in [4.78, 5) is 0. The van der Waals surface area contributed by atoms with E-state index in [1.807, 2.05) is 12.1 Å². The van der Waals surface area contributed by atoms with Crippen LogP contribution in [0, 0.1) is 17.8 Å². The number of aliphatic hydroxyl groups excluding tert-OH is 1. The van der Waals surface area contributed by atoms with E-state index in [-0.39, 0.29) is 17.2 Å². The molecule has 3 nitrogen and oxygen atoms in total. The third-order valence-electron chi connectivity index (χ3n) is 10.1. The van der Waals surface area contributed by atoms with Crippen LogP contribution in [0.2, 0.25) is 5.04 Å². The van der Waals surface area contributed by atoms with Crippen LogP contribution < -0.4 is 10.4 Å². The first-order valence-corrected chi connectivity index (χ1v) is 17.9. The van der Waals surface area contributed by atoms with Crippen molar-refractivity contribution in [2.75, 3.05) is 0 Å². The fraction of sp³-hybridized carbons (Fsp3) is 0.514. The van der Waals surface area contributed by atoms with E-state index in [1.54, 1.807) is 0 Å². The molecule has 0 aliphatic heterocycles. The molecule has 2 aliphatic carbocycles. The molecule has 3 aromatic carbocycles. The summed E-state index contributed by atoms with van der Waals surface area (Å²) in [5.74, 6) is 1.83. The molecule has 2 aliphatic rings. The maximum Gasteiger partial charge on any atom is 0.261 e. The number of fused-ring (bicyclic) bond motifs is 2. The van der Waals surface area contributed by atoms with Gasteiger partial charge >= 0.3 is 0 Å². The second-order valence-corrected chi connectivity index (χ2v) is 17.9. The first-order chi connectivity index (χ1) is 19.7. The van der Waals surface area contributed by atoms with E-state index in [9.17, 15) is 10.2 Å². The lowest BCUT2D eigenvalue weighted by Gasteiger charge is -2.46. The molecule has 4 heteroatoms. The molecule has 0 amide bonds. The molecule has 0 spiro atoms. The summed E-state index contributed by atoms with van der Waals surface area (Å²) in [6, 6.07) is 28.0. The summed E-state index contributed by atoms with van der Waals surface area (Å²) in [5, 5.41) is 24.3. The second-order valence-electron chi connectivity index (χ2n) is 13.7. The van der Waals surface area contributed by atoms with Gasteiger partial charge in [-0.2, -0.15) is 0 Å². The lowest BCUT2D eigenvalue weighted by molar-refractivity contribution is 0.0949. The second kappa shape index (κ2) is 12.9. The van der Waals surface area contributed by atoms with Crippen molar-refractivity contribution < 1.29 is 14.6 Å². The number of hydrogen-bond acceptors (Lipinski definition) is 3. The molecule has 0 heterocycles. The highest BCUT2D eigenvalue weighted by Crippen LogP contribution is 2.51. The van der Waals surface area contributed by atoms with Crippen LogP contribution in [-0.4, -0.2) is 30.7 Å². The molecule has 5 atom stereocenters. The maximum absolute atomic E-state index is 11.0. The van der Waals surface area contributed by atoms with Gasteiger partial charge in [0.1, 0.15) is 5.75 Å². The lowest BCUT2D eigenvalue weighted by atomic mass is 9.73. The number of phenols is 1. The van der Waals surface area contributed by atoms with Gasteiger partial charge in [0.2, 0.25) is 0 Å². The van der Waals surface area contributed by atoms with E-state index < -0.39 is 8.32 Å². The SMILES string of the molecule is CCCCC[C@@H](O)CC[C@@H]1[C@H]2Cc3cccc(O)c3C[C@H]2C[C@H]1O[Si](c1ccccc1)(c1ccccc1)C(C)(C)C. The van der Waals surface area contributed by atoms with Gasteiger partial charge in [-0.25, -0.2) is 0 Å². The van der Waals surface area contributed by atoms with Gasteiger partial charge in [0, 0.05) is 6.10 Å². The third-order valence-corrected chi connectivity index (χ3v) is 15.1. The van der Waals surface area contributed by atoms with Crippen LogP contribution in [0.25, 0.3) is 0 Å². The molecule has 41 heavy (non-hydrogen) atoms. The predicted octanol–water partition coefficient (Wildman–Crippen LogP) is 7.41. The molecule has 0 radical (unpaired) electrons. The Labute approximate surface area is 249 Å². The monoisotopic (exact) mass is 570 g/mol. The van der Waals surface area contributed by atoms with Crippen molar-refractivity contribution in [2.24, 2.45) is 17.8 Å². The average Bonchev–Trinajstić information content (AvgIpc) is 3.30. The Kier molecular flexibility index (Phi) is 9.42. The zero-order valence-corrected chi connectivity index (χ0v) is 26.6. The van der Waals surface area contributed by atoms with Crippen molar-refractivity contribution in [3.63, 3.8) is 0 Å². The van der Waals surface area contributed by atoms with Crippen LogP contribution in [0.1, 0.15) is 83.8 Å². The fourth-order valence-corrected chi connectivity index (χ4v) is 12.7. The van der Waals surface area contributed by atoms with E-state index in [0.29, 0.717) is 23.5 Å². The molecule has 2 N–H and O–H groups in total. The van der Waals surface area contributed by atoms with Crippen LogP contribution in [0.5, 0.6) is 5.75 Å². The minimum absolute atomic E-state index is 0.0745. The molecule has 1 saturated carbocycles. The van der Waals surface area contributed by atoms with Crippen LogP contribution in [0.3, 0.4) is 0 Å². The largest absolute Gasteiger partial charge is 0.508 e. The molecule has 3 aromatic rings. The van der Waals surface area contributed by atoms with Crippen LogP contribution in [0.15, 0.2) is 78.9 Å². The molecular weight excluding hydrogens is 520 g/mol. The fourth-order valence-electron chi connectivity index (χ4n) is 8.00. The summed E-state index contributed by atoms with van der Waals surface area (Å²) in [6.07, 6.45) is 8.99. The van der Waals surface area contributed by atoms with Crippen molar-refractivity contribution in [1.29, 1.82) is 0 Å². The van der Waals surface area contributed by atoms with Gasteiger partial charge in [-0.3, -0.25) is 0 Å². The Bertz CT molecular complexity index is 1210. The minimum atomic E-state index is -2.71. The summed E-state index contributed by atoms with van der Waals surface area (Å²) >= 11 is 0. The van der Waals surface area contributed by atoms with Crippen molar-refractivity contribution >= 4 is 18.7 Å². The third kappa shape index (κ3) is 6.21. The van der Waals surface area contributed by atoms with Gasteiger partial charge in [-0.1, -0.05) is 120 Å². The zero-order valence-electron chi connectivity index (χ0n) is 25.6.